The van der Waals surface area contributed by atoms with Gasteiger partial charge in [0.05, 0.1) is 19.3 Å². The van der Waals surface area contributed by atoms with Gasteiger partial charge in [0.2, 0.25) is 4.96 Å². The van der Waals surface area contributed by atoms with E-state index in [1.165, 1.54) is 23.5 Å². The Kier molecular flexibility index (Phi) is 2.92. The van der Waals surface area contributed by atoms with Crippen LogP contribution < -0.4 is 10.5 Å². The van der Waals surface area contributed by atoms with E-state index in [2.05, 4.69) is 10.1 Å². The Bertz CT molecular complexity index is 736. The third kappa shape index (κ3) is 1.96. The Hall–Kier alpha value is -1.99. The molecule has 0 unspecified atom stereocenters. The predicted octanol–water partition coefficient (Wildman–Crippen LogP) is 2.06. The van der Waals surface area contributed by atoms with Crippen LogP contribution in [-0.2, 0) is 6.54 Å². The molecule has 98 valence electrons. The van der Waals surface area contributed by atoms with Crippen LogP contribution in [0, 0.1) is 5.82 Å². The zero-order chi connectivity index (χ0) is 13.4. The monoisotopic (exact) mass is 278 g/mol. The van der Waals surface area contributed by atoms with Gasteiger partial charge in [0.25, 0.3) is 0 Å². The number of fused-ring (bicyclic) bond motifs is 1. The van der Waals surface area contributed by atoms with Crippen LogP contribution in [0.1, 0.15) is 5.82 Å². The second-order valence-corrected chi connectivity index (χ2v) is 4.73. The first-order valence-corrected chi connectivity index (χ1v) is 6.48. The highest BCUT2D eigenvalue weighted by molar-refractivity contribution is 7.15. The van der Waals surface area contributed by atoms with Crippen molar-refractivity contribution in [2.45, 2.75) is 6.54 Å². The molecule has 0 bridgehead atoms. The molecule has 1 aromatic carbocycles. The SMILES string of the molecule is COc1ccc(F)cc1-c1csc2nc(CN)nn12. The largest absolute Gasteiger partial charge is 0.496 e. The first kappa shape index (κ1) is 12.1. The van der Waals surface area contributed by atoms with Crippen LogP contribution in [0.5, 0.6) is 5.75 Å². The maximum atomic E-state index is 13.4. The van der Waals surface area contributed by atoms with Gasteiger partial charge in [-0.15, -0.1) is 16.4 Å². The Balaban J connectivity index is 2.23. The molecule has 2 N–H and O–H groups in total. The molecule has 0 radical (unpaired) electrons. The summed E-state index contributed by atoms with van der Waals surface area (Å²) in [5, 5.41) is 6.15. The van der Waals surface area contributed by atoms with E-state index in [9.17, 15) is 4.39 Å². The van der Waals surface area contributed by atoms with Crippen LogP contribution in [0.15, 0.2) is 23.6 Å². The molecule has 0 saturated heterocycles. The molecule has 0 fully saturated rings. The lowest BCUT2D eigenvalue weighted by Gasteiger charge is -2.06. The quantitative estimate of drug-likeness (QED) is 0.796. The third-order valence-electron chi connectivity index (χ3n) is 2.75. The van der Waals surface area contributed by atoms with E-state index in [4.69, 9.17) is 10.5 Å². The lowest BCUT2D eigenvalue weighted by atomic mass is 10.1. The van der Waals surface area contributed by atoms with Crippen molar-refractivity contribution in [3.05, 3.63) is 35.2 Å². The summed E-state index contributed by atoms with van der Waals surface area (Å²) in [5.74, 6) is 0.823. The predicted molar refractivity (Wildman–Crippen MR) is 70.7 cm³/mol. The van der Waals surface area contributed by atoms with Gasteiger partial charge in [-0.05, 0) is 18.2 Å². The van der Waals surface area contributed by atoms with Crippen LogP contribution >= 0.6 is 11.3 Å². The number of hydrogen-bond acceptors (Lipinski definition) is 5. The van der Waals surface area contributed by atoms with Crippen LogP contribution in [-0.4, -0.2) is 21.7 Å². The van der Waals surface area contributed by atoms with E-state index in [1.54, 1.807) is 17.7 Å². The first-order valence-electron chi connectivity index (χ1n) is 5.60. The molecule has 3 aromatic rings. The summed E-state index contributed by atoms with van der Waals surface area (Å²) in [6.45, 7) is 0.272. The van der Waals surface area contributed by atoms with Crippen molar-refractivity contribution in [1.82, 2.24) is 14.6 Å². The van der Waals surface area contributed by atoms with Crippen LogP contribution in [0.25, 0.3) is 16.2 Å². The Morgan fingerprint density at radius 1 is 1.47 bits per heavy atom. The van der Waals surface area contributed by atoms with Crippen molar-refractivity contribution in [3.63, 3.8) is 0 Å². The second kappa shape index (κ2) is 4.60. The van der Waals surface area contributed by atoms with E-state index < -0.39 is 0 Å². The fourth-order valence-corrected chi connectivity index (χ4v) is 2.72. The van der Waals surface area contributed by atoms with Crippen molar-refractivity contribution >= 4 is 16.3 Å². The van der Waals surface area contributed by atoms with E-state index in [0.29, 0.717) is 17.1 Å². The van der Waals surface area contributed by atoms with E-state index in [-0.39, 0.29) is 12.4 Å². The number of nitrogens with two attached hydrogens (primary N) is 1. The number of benzene rings is 1. The van der Waals surface area contributed by atoms with Gasteiger partial charge in [0.1, 0.15) is 11.6 Å². The lowest BCUT2D eigenvalue weighted by Crippen LogP contribution is -1.99. The van der Waals surface area contributed by atoms with Gasteiger partial charge >= 0.3 is 0 Å². The molecule has 0 aliphatic heterocycles. The van der Waals surface area contributed by atoms with E-state index in [0.717, 1.165) is 10.7 Å². The minimum Gasteiger partial charge on any atom is -0.496 e. The zero-order valence-corrected chi connectivity index (χ0v) is 10.9. The molecule has 0 aliphatic rings. The molecular weight excluding hydrogens is 267 g/mol. The molecule has 0 saturated carbocycles. The smallest absolute Gasteiger partial charge is 0.212 e. The highest BCUT2D eigenvalue weighted by Gasteiger charge is 2.15. The summed E-state index contributed by atoms with van der Waals surface area (Å²) in [4.78, 5) is 4.99. The summed E-state index contributed by atoms with van der Waals surface area (Å²) in [5.41, 5.74) is 6.90. The van der Waals surface area contributed by atoms with Gasteiger partial charge in [-0.3, -0.25) is 0 Å². The third-order valence-corrected chi connectivity index (χ3v) is 3.56. The van der Waals surface area contributed by atoms with Crippen LogP contribution in [0.3, 0.4) is 0 Å². The Morgan fingerprint density at radius 2 is 2.32 bits per heavy atom. The molecule has 5 nitrogen and oxygen atoms in total. The van der Waals surface area contributed by atoms with E-state index in [1.807, 2.05) is 5.38 Å². The fraction of sp³-hybridized carbons (Fsp3) is 0.167. The normalized spacial score (nSPS) is 11.1. The maximum Gasteiger partial charge on any atom is 0.212 e. The summed E-state index contributed by atoms with van der Waals surface area (Å²) in [6.07, 6.45) is 0. The number of nitrogens with zero attached hydrogens (tertiary/aromatic N) is 3. The van der Waals surface area contributed by atoms with Gasteiger partial charge in [0, 0.05) is 10.9 Å². The molecule has 2 aromatic heterocycles. The number of thiazole rings is 1. The van der Waals surface area contributed by atoms with Gasteiger partial charge in [-0.1, -0.05) is 0 Å². The van der Waals surface area contributed by atoms with Crippen LogP contribution in [0.4, 0.5) is 4.39 Å². The van der Waals surface area contributed by atoms with Gasteiger partial charge < -0.3 is 10.5 Å². The van der Waals surface area contributed by atoms with E-state index >= 15 is 0 Å². The number of ether oxygens (including phenoxy) is 1. The topological polar surface area (TPSA) is 65.4 Å². The summed E-state index contributed by atoms with van der Waals surface area (Å²) >= 11 is 1.43. The van der Waals surface area contributed by atoms with Crippen molar-refractivity contribution in [3.8, 4) is 17.0 Å². The zero-order valence-electron chi connectivity index (χ0n) is 10.1. The molecule has 0 aliphatic carbocycles. The molecular formula is C12H11FN4OS. The fourth-order valence-electron chi connectivity index (χ4n) is 1.87. The minimum atomic E-state index is -0.325. The summed E-state index contributed by atoms with van der Waals surface area (Å²) in [7, 11) is 1.55. The van der Waals surface area contributed by atoms with Crippen LogP contribution in [0.2, 0.25) is 0 Å². The molecule has 2 heterocycles. The second-order valence-electron chi connectivity index (χ2n) is 3.89. The Morgan fingerprint density at radius 3 is 3.05 bits per heavy atom. The molecule has 3 rings (SSSR count). The van der Waals surface area contributed by atoms with Crippen molar-refractivity contribution < 1.29 is 9.13 Å². The highest BCUT2D eigenvalue weighted by Crippen LogP contribution is 2.33. The lowest BCUT2D eigenvalue weighted by molar-refractivity contribution is 0.415. The standard InChI is InChI=1S/C12H11FN4OS/c1-18-10-3-2-7(13)4-8(10)9-6-19-12-15-11(5-14)16-17(9)12/h2-4,6H,5,14H2,1H3. The summed E-state index contributed by atoms with van der Waals surface area (Å²) < 4.78 is 20.3. The average molecular weight is 278 g/mol. The average Bonchev–Trinajstić information content (AvgIpc) is 2.97. The minimum absolute atomic E-state index is 0.272. The van der Waals surface area contributed by atoms with Crippen molar-refractivity contribution in [2.75, 3.05) is 7.11 Å². The summed E-state index contributed by atoms with van der Waals surface area (Å²) in [6, 6.07) is 4.37. The molecule has 0 spiro atoms. The van der Waals surface area contributed by atoms with Gasteiger partial charge in [-0.25, -0.2) is 13.9 Å². The first-order chi connectivity index (χ1) is 9.22. The molecule has 7 heteroatoms. The van der Waals surface area contributed by atoms with Crippen molar-refractivity contribution in [2.24, 2.45) is 5.73 Å². The number of halogens is 1. The molecule has 0 atom stereocenters. The Labute approximate surface area is 112 Å². The molecule has 0 amide bonds. The van der Waals surface area contributed by atoms with Gasteiger partial charge in [0.15, 0.2) is 5.82 Å². The number of rotatable bonds is 3. The number of aromatic nitrogens is 3. The highest BCUT2D eigenvalue weighted by atomic mass is 32.1. The number of methoxy groups -OCH3 is 1. The maximum absolute atomic E-state index is 13.4. The van der Waals surface area contributed by atoms with Crippen molar-refractivity contribution in [1.29, 1.82) is 0 Å². The molecule has 19 heavy (non-hydrogen) atoms. The van der Waals surface area contributed by atoms with Gasteiger partial charge in [-0.2, -0.15) is 0 Å². The number of hydrogen-bond donors (Lipinski definition) is 1.